The Balaban J connectivity index is 2.01. The zero-order chi connectivity index (χ0) is 15.8. The minimum Gasteiger partial charge on any atom is -0.383 e. The lowest BCUT2D eigenvalue weighted by Gasteiger charge is -2.08. The number of halogens is 1. The Hall–Kier alpha value is -2.66. The molecule has 0 saturated heterocycles. The van der Waals surface area contributed by atoms with Crippen molar-refractivity contribution in [1.29, 1.82) is 0 Å². The van der Waals surface area contributed by atoms with Crippen LogP contribution >= 0.6 is 15.9 Å². The second-order valence-electron chi connectivity index (χ2n) is 5.26. The summed E-state index contributed by atoms with van der Waals surface area (Å²) in [5.74, 6) is 0.532. The molecule has 4 rings (SSSR count). The molecule has 0 saturated carbocycles. The first kappa shape index (κ1) is 14.0. The summed E-state index contributed by atoms with van der Waals surface area (Å²) in [5.41, 5.74) is 10.7. The van der Waals surface area contributed by atoms with Gasteiger partial charge < -0.3 is 5.73 Å². The van der Waals surface area contributed by atoms with Crippen molar-refractivity contribution >= 4 is 32.8 Å². The van der Waals surface area contributed by atoms with Gasteiger partial charge in [0.2, 0.25) is 0 Å². The van der Waals surface area contributed by atoms with Gasteiger partial charge in [0.05, 0.1) is 11.1 Å². The molecule has 0 spiro atoms. The molecule has 4 aromatic rings. The number of rotatable bonds is 2. The Kier molecular flexibility index (Phi) is 3.35. The van der Waals surface area contributed by atoms with E-state index in [1.54, 1.807) is 0 Å². The summed E-state index contributed by atoms with van der Waals surface area (Å²) in [4.78, 5) is 4.64. The molecule has 23 heavy (non-hydrogen) atoms. The molecule has 0 fully saturated rings. The van der Waals surface area contributed by atoms with Gasteiger partial charge in [-0.25, -0.2) is 4.98 Å². The molecule has 2 aromatic carbocycles. The van der Waals surface area contributed by atoms with Crippen LogP contribution in [0.2, 0.25) is 0 Å². The highest BCUT2D eigenvalue weighted by molar-refractivity contribution is 9.10. The van der Waals surface area contributed by atoms with Crippen molar-refractivity contribution in [2.45, 2.75) is 0 Å². The van der Waals surface area contributed by atoms with Crippen molar-refractivity contribution in [2.75, 3.05) is 5.73 Å². The summed E-state index contributed by atoms with van der Waals surface area (Å²) < 4.78 is 1.04. The number of pyridine rings is 1. The number of nitrogens with zero attached hydrogens (tertiary/aromatic N) is 2. The number of hydrogen-bond acceptors (Lipinski definition) is 3. The first-order valence-corrected chi connectivity index (χ1v) is 7.97. The highest BCUT2D eigenvalue weighted by Crippen LogP contribution is 2.34. The molecule has 0 radical (unpaired) electrons. The third-order valence-electron chi connectivity index (χ3n) is 3.78. The molecule has 5 heteroatoms. The highest BCUT2D eigenvalue weighted by Gasteiger charge is 2.14. The second-order valence-corrected chi connectivity index (χ2v) is 6.18. The monoisotopic (exact) mass is 364 g/mol. The zero-order valence-corrected chi connectivity index (χ0v) is 13.7. The van der Waals surface area contributed by atoms with Gasteiger partial charge in [-0.1, -0.05) is 58.4 Å². The minimum absolute atomic E-state index is 0.532. The van der Waals surface area contributed by atoms with E-state index in [0.717, 1.165) is 32.2 Å². The maximum Gasteiger partial charge on any atom is 0.184 e. The summed E-state index contributed by atoms with van der Waals surface area (Å²) in [6.45, 7) is 0. The van der Waals surface area contributed by atoms with Crippen molar-refractivity contribution in [3.05, 3.63) is 65.1 Å². The number of anilines is 1. The van der Waals surface area contributed by atoms with Crippen LogP contribution in [-0.2, 0) is 0 Å². The number of nitrogen functional groups attached to an aromatic ring is 1. The molecular weight excluding hydrogens is 352 g/mol. The Morgan fingerprint density at radius 2 is 1.65 bits per heavy atom. The normalized spacial score (nSPS) is 11.0. The van der Waals surface area contributed by atoms with Gasteiger partial charge in [0, 0.05) is 10.0 Å². The van der Waals surface area contributed by atoms with Gasteiger partial charge >= 0.3 is 0 Å². The Labute approximate surface area is 141 Å². The predicted molar refractivity (Wildman–Crippen MR) is 96.9 cm³/mol. The van der Waals surface area contributed by atoms with E-state index in [2.05, 4.69) is 49.3 Å². The van der Waals surface area contributed by atoms with E-state index in [0.29, 0.717) is 11.5 Å². The van der Waals surface area contributed by atoms with Crippen LogP contribution in [0.5, 0.6) is 0 Å². The van der Waals surface area contributed by atoms with Gasteiger partial charge in [0.15, 0.2) is 5.65 Å². The van der Waals surface area contributed by atoms with Gasteiger partial charge in [-0.05, 0) is 29.3 Å². The highest BCUT2D eigenvalue weighted by atomic mass is 79.9. The fraction of sp³-hybridized carbons (Fsp3) is 0. The number of aromatic nitrogens is 3. The molecule has 0 amide bonds. The molecule has 0 atom stereocenters. The SMILES string of the molecule is Nc1[nH]nc2nc(-c3ccccc3)cc(-c3ccc(Br)cc3)c12. The second kappa shape index (κ2) is 5.52. The minimum atomic E-state index is 0.532. The number of aromatic amines is 1. The lowest BCUT2D eigenvalue weighted by atomic mass is 10.0. The lowest BCUT2D eigenvalue weighted by molar-refractivity contribution is 1.11. The fourth-order valence-corrected chi connectivity index (χ4v) is 2.93. The molecule has 3 N–H and O–H groups in total. The average Bonchev–Trinajstić information content (AvgIpc) is 2.97. The Morgan fingerprint density at radius 3 is 2.39 bits per heavy atom. The molecule has 112 valence electrons. The topological polar surface area (TPSA) is 67.6 Å². The first-order valence-electron chi connectivity index (χ1n) is 7.18. The number of H-pyrrole nitrogens is 1. The van der Waals surface area contributed by atoms with Gasteiger partial charge in [-0.2, -0.15) is 5.10 Å². The van der Waals surface area contributed by atoms with Crippen molar-refractivity contribution in [3.8, 4) is 22.4 Å². The van der Waals surface area contributed by atoms with Crippen LogP contribution in [-0.4, -0.2) is 15.2 Å². The quantitative estimate of drug-likeness (QED) is 0.544. The number of fused-ring (bicyclic) bond motifs is 1. The molecule has 0 bridgehead atoms. The van der Waals surface area contributed by atoms with Crippen LogP contribution in [0.4, 0.5) is 5.82 Å². The van der Waals surface area contributed by atoms with Crippen LogP contribution in [0.25, 0.3) is 33.4 Å². The third kappa shape index (κ3) is 2.49. The molecular formula is C18H13BrN4. The zero-order valence-electron chi connectivity index (χ0n) is 12.1. The third-order valence-corrected chi connectivity index (χ3v) is 4.31. The number of nitrogens with two attached hydrogens (primary N) is 1. The molecule has 0 aliphatic rings. The van der Waals surface area contributed by atoms with Crippen LogP contribution < -0.4 is 5.73 Å². The number of hydrogen-bond donors (Lipinski definition) is 2. The summed E-state index contributed by atoms with van der Waals surface area (Å²) in [6, 6.07) is 20.3. The van der Waals surface area contributed by atoms with Crippen LogP contribution in [0.1, 0.15) is 0 Å². The predicted octanol–water partition coefficient (Wildman–Crippen LogP) is 4.64. The lowest BCUT2D eigenvalue weighted by Crippen LogP contribution is -1.91. The van der Waals surface area contributed by atoms with Crippen molar-refractivity contribution in [3.63, 3.8) is 0 Å². The average molecular weight is 365 g/mol. The van der Waals surface area contributed by atoms with Crippen LogP contribution in [0, 0.1) is 0 Å². The molecule has 2 heterocycles. The molecule has 2 aromatic heterocycles. The van der Waals surface area contributed by atoms with Crippen LogP contribution in [0.15, 0.2) is 65.1 Å². The largest absolute Gasteiger partial charge is 0.383 e. The van der Waals surface area contributed by atoms with Crippen molar-refractivity contribution in [2.24, 2.45) is 0 Å². The molecule has 0 aliphatic heterocycles. The van der Waals surface area contributed by atoms with Crippen LogP contribution in [0.3, 0.4) is 0 Å². The standard InChI is InChI=1S/C18H13BrN4/c19-13-8-6-11(7-9-13)14-10-15(12-4-2-1-3-5-12)21-18-16(14)17(20)22-23-18/h1-10H,(H3,20,21,22,23). The molecule has 0 aliphatic carbocycles. The fourth-order valence-electron chi connectivity index (χ4n) is 2.66. The van der Waals surface area contributed by atoms with E-state index in [4.69, 9.17) is 5.73 Å². The van der Waals surface area contributed by atoms with Gasteiger partial charge in [0.25, 0.3) is 0 Å². The van der Waals surface area contributed by atoms with Crippen molar-refractivity contribution < 1.29 is 0 Å². The van der Waals surface area contributed by atoms with Gasteiger partial charge in [-0.15, -0.1) is 0 Å². The Bertz CT molecular complexity index is 975. The van der Waals surface area contributed by atoms with E-state index >= 15 is 0 Å². The maximum absolute atomic E-state index is 6.07. The summed E-state index contributed by atoms with van der Waals surface area (Å²) in [7, 11) is 0. The smallest absolute Gasteiger partial charge is 0.184 e. The van der Waals surface area contributed by atoms with Gasteiger partial charge in [-0.3, -0.25) is 5.10 Å². The summed E-state index contributed by atoms with van der Waals surface area (Å²) >= 11 is 3.47. The van der Waals surface area contributed by atoms with E-state index < -0.39 is 0 Å². The summed E-state index contributed by atoms with van der Waals surface area (Å²) in [6.07, 6.45) is 0. The van der Waals surface area contributed by atoms with Crippen molar-refractivity contribution in [1.82, 2.24) is 15.2 Å². The molecule has 4 nitrogen and oxygen atoms in total. The molecule has 0 unspecified atom stereocenters. The maximum atomic E-state index is 6.07. The Morgan fingerprint density at radius 1 is 0.913 bits per heavy atom. The summed E-state index contributed by atoms with van der Waals surface area (Å²) in [5, 5.41) is 7.92. The van der Waals surface area contributed by atoms with E-state index in [-0.39, 0.29) is 0 Å². The van der Waals surface area contributed by atoms with E-state index in [1.807, 2.05) is 42.5 Å². The number of benzene rings is 2. The van der Waals surface area contributed by atoms with Gasteiger partial charge in [0.1, 0.15) is 5.82 Å². The first-order chi connectivity index (χ1) is 11.2. The number of nitrogens with one attached hydrogen (secondary N) is 1. The van der Waals surface area contributed by atoms with E-state index in [1.165, 1.54) is 0 Å². The van der Waals surface area contributed by atoms with E-state index in [9.17, 15) is 0 Å².